The number of nitrogens with zero attached hydrogens (tertiary/aromatic N) is 1. The van der Waals surface area contributed by atoms with Crippen LogP contribution in [0, 0.1) is 5.82 Å². The molecule has 0 saturated heterocycles. The Morgan fingerprint density at radius 3 is 2.44 bits per heavy atom. The molecule has 0 fully saturated rings. The second-order valence-electron chi connectivity index (χ2n) is 5.30. The number of sulfonamides is 1. The SMILES string of the molecule is O=S(=O)(NCc1ncc(Cc2ccc(F)cc2)s1)c1ccc(Cl)cc1. The van der Waals surface area contributed by atoms with Crippen molar-refractivity contribution in [1.29, 1.82) is 0 Å². The number of hydrogen-bond donors (Lipinski definition) is 1. The monoisotopic (exact) mass is 396 g/mol. The summed E-state index contributed by atoms with van der Waals surface area (Å²) in [6.07, 6.45) is 2.34. The van der Waals surface area contributed by atoms with Gasteiger partial charge in [0.15, 0.2) is 0 Å². The zero-order chi connectivity index (χ0) is 17.9. The highest BCUT2D eigenvalue weighted by molar-refractivity contribution is 7.89. The number of rotatable bonds is 6. The quantitative estimate of drug-likeness (QED) is 0.685. The van der Waals surface area contributed by atoms with Crippen molar-refractivity contribution >= 4 is 33.0 Å². The Kier molecular flexibility index (Phi) is 5.48. The molecular weight excluding hydrogens is 383 g/mol. The van der Waals surface area contributed by atoms with E-state index >= 15 is 0 Å². The minimum absolute atomic E-state index is 0.110. The minimum atomic E-state index is -3.61. The highest BCUT2D eigenvalue weighted by Crippen LogP contribution is 2.19. The van der Waals surface area contributed by atoms with E-state index in [0.29, 0.717) is 16.5 Å². The highest BCUT2D eigenvalue weighted by atomic mass is 35.5. The third kappa shape index (κ3) is 4.85. The molecule has 0 aliphatic heterocycles. The van der Waals surface area contributed by atoms with E-state index in [-0.39, 0.29) is 17.3 Å². The number of hydrogen-bond acceptors (Lipinski definition) is 4. The van der Waals surface area contributed by atoms with Crippen LogP contribution in [-0.2, 0) is 23.0 Å². The molecule has 1 heterocycles. The maximum absolute atomic E-state index is 12.9. The fraction of sp³-hybridized carbons (Fsp3) is 0.118. The lowest BCUT2D eigenvalue weighted by molar-refractivity contribution is 0.581. The van der Waals surface area contributed by atoms with Crippen LogP contribution in [0.25, 0.3) is 0 Å². The van der Waals surface area contributed by atoms with Crippen LogP contribution in [0.15, 0.2) is 59.6 Å². The van der Waals surface area contributed by atoms with E-state index in [9.17, 15) is 12.8 Å². The minimum Gasteiger partial charge on any atom is -0.248 e. The van der Waals surface area contributed by atoms with Crippen molar-refractivity contribution in [2.75, 3.05) is 0 Å². The molecule has 0 spiro atoms. The number of halogens is 2. The molecule has 2 aromatic carbocycles. The van der Waals surface area contributed by atoms with Crippen LogP contribution in [0.1, 0.15) is 15.4 Å². The third-order valence-electron chi connectivity index (χ3n) is 3.43. The summed E-state index contributed by atoms with van der Waals surface area (Å²) in [5, 5.41) is 1.14. The van der Waals surface area contributed by atoms with Gasteiger partial charge in [-0.25, -0.2) is 22.5 Å². The molecule has 0 aliphatic carbocycles. The maximum Gasteiger partial charge on any atom is 0.240 e. The predicted molar refractivity (Wildman–Crippen MR) is 96.8 cm³/mol. The first-order chi connectivity index (χ1) is 11.9. The van der Waals surface area contributed by atoms with Gasteiger partial charge in [0.25, 0.3) is 0 Å². The van der Waals surface area contributed by atoms with Gasteiger partial charge in [-0.2, -0.15) is 0 Å². The maximum atomic E-state index is 12.9. The lowest BCUT2D eigenvalue weighted by Crippen LogP contribution is -2.23. The van der Waals surface area contributed by atoms with Crippen molar-refractivity contribution in [2.24, 2.45) is 0 Å². The average Bonchev–Trinajstić information content (AvgIpc) is 3.03. The number of aromatic nitrogens is 1. The van der Waals surface area contributed by atoms with Crippen molar-refractivity contribution in [3.8, 4) is 0 Å². The molecule has 1 aromatic heterocycles. The van der Waals surface area contributed by atoms with E-state index in [1.54, 1.807) is 18.3 Å². The molecule has 0 bridgehead atoms. The molecule has 130 valence electrons. The smallest absolute Gasteiger partial charge is 0.240 e. The van der Waals surface area contributed by atoms with Gasteiger partial charge < -0.3 is 0 Å². The predicted octanol–water partition coefficient (Wildman–Crippen LogP) is 4.00. The van der Waals surface area contributed by atoms with Gasteiger partial charge in [0.1, 0.15) is 10.8 Å². The molecule has 25 heavy (non-hydrogen) atoms. The van der Waals surface area contributed by atoms with Crippen molar-refractivity contribution < 1.29 is 12.8 Å². The van der Waals surface area contributed by atoms with E-state index in [1.165, 1.54) is 47.7 Å². The molecule has 8 heteroatoms. The molecule has 0 amide bonds. The van der Waals surface area contributed by atoms with Gasteiger partial charge in [-0.15, -0.1) is 11.3 Å². The van der Waals surface area contributed by atoms with Gasteiger partial charge in [0.05, 0.1) is 11.4 Å². The van der Waals surface area contributed by atoms with Crippen molar-refractivity contribution in [1.82, 2.24) is 9.71 Å². The standard InChI is InChI=1S/C17H14ClFN2O2S2/c18-13-3-7-16(8-4-13)25(22,23)21-11-17-20-10-15(24-17)9-12-1-5-14(19)6-2-12/h1-8,10,21H,9,11H2. The lowest BCUT2D eigenvalue weighted by Gasteiger charge is -2.05. The molecule has 0 atom stereocenters. The van der Waals surface area contributed by atoms with E-state index in [2.05, 4.69) is 9.71 Å². The molecular formula is C17H14ClFN2O2S2. The second kappa shape index (κ2) is 7.61. The van der Waals surface area contributed by atoms with Gasteiger partial charge >= 0.3 is 0 Å². The molecule has 4 nitrogen and oxygen atoms in total. The molecule has 3 rings (SSSR count). The summed E-state index contributed by atoms with van der Waals surface area (Å²) in [5.41, 5.74) is 0.971. The number of benzene rings is 2. The lowest BCUT2D eigenvalue weighted by atomic mass is 10.1. The van der Waals surface area contributed by atoms with Crippen LogP contribution in [-0.4, -0.2) is 13.4 Å². The van der Waals surface area contributed by atoms with Crippen molar-refractivity contribution in [3.63, 3.8) is 0 Å². The van der Waals surface area contributed by atoms with E-state index < -0.39 is 10.0 Å². The first-order valence-corrected chi connectivity index (χ1v) is 10.0. The molecule has 1 N–H and O–H groups in total. The van der Waals surface area contributed by atoms with Gasteiger partial charge in [0.2, 0.25) is 10.0 Å². The Morgan fingerprint density at radius 1 is 1.08 bits per heavy atom. The van der Waals surface area contributed by atoms with Crippen LogP contribution < -0.4 is 4.72 Å². The van der Waals surface area contributed by atoms with Gasteiger partial charge in [-0.3, -0.25) is 0 Å². The zero-order valence-electron chi connectivity index (χ0n) is 12.9. The normalized spacial score (nSPS) is 11.6. The molecule has 0 radical (unpaired) electrons. The van der Waals surface area contributed by atoms with Gasteiger partial charge in [-0.1, -0.05) is 23.7 Å². The third-order valence-corrected chi connectivity index (χ3v) is 6.10. The molecule has 0 unspecified atom stereocenters. The zero-order valence-corrected chi connectivity index (χ0v) is 15.3. The van der Waals surface area contributed by atoms with Gasteiger partial charge in [0, 0.05) is 22.5 Å². The first kappa shape index (κ1) is 18.0. The number of nitrogens with one attached hydrogen (secondary N) is 1. The van der Waals surface area contributed by atoms with E-state index in [1.807, 2.05) is 0 Å². The second-order valence-corrected chi connectivity index (χ2v) is 8.71. The summed E-state index contributed by atoms with van der Waals surface area (Å²) in [5.74, 6) is -0.273. The molecule has 3 aromatic rings. The van der Waals surface area contributed by atoms with E-state index in [0.717, 1.165) is 10.4 Å². The fourth-order valence-electron chi connectivity index (χ4n) is 2.17. The fourth-order valence-corrected chi connectivity index (χ4v) is 4.27. The summed E-state index contributed by atoms with van der Waals surface area (Å²) < 4.78 is 39.9. The summed E-state index contributed by atoms with van der Waals surface area (Å²) >= 11 is 7.19. The summed E-state index contributed by atoms with van der Waals surface area (Å²) in [4.78, 5) is 5.37. The summed E-state index contributed by atoms with van der Waals surface area (Å²) in [7, 11) is -3.61. The highest BCUT2D eigenvalue weighted by Gasteiger charge is 2.14. The van der Waals surface area contributed by atoms with Crippen molar-refractivity contribution in [3.05, 3.63) is 81.0 Å². The topological polar surface area (TPSA) is 59.1 Å². The summed E-state index contributed by atoms with van der Waals surface area (Å²) in [6.45, 7) is 0.110. The van der Waals surface area contributed by atoms with Crippen molar-refractivity contribution in [2.45, 2.75) is 17.9 Å². The average molecular weight is 397 g/mol. The molecule has 0 aliphatic rings. The van der Waals surface area contributed by atoms with Crippen LogP contribution >= 0.6 is 22.9 Å². The van der Waals surface area contributed by atoms with Gasteiger partial charge in [-0.05, 0) is 42.0 Å². The van der Waals surface area contributed by atoms with E-state index in [4.69, 9.17) is 11.6 Å². The number of thiazole rings is 1. The first-order valence-electron chi connectivity index (χ1n) is 7.36. The van der Waals surface area contributed by atoms with Crippen LogP contribution in [0.4, 0.5) is 4.39 Å². The van der Waals surface area contributed by atoms with Crippen LogP contribution in [0.5, 0.6) is 0 Å². The Bertz CT molecular complexity index is 955. The molecule has 0 saturated carbocycles. The summed E-state index contributed by atoms with van der Waals surface area (Å²) in [6, 6.07) is 12.2. The van der Waals surface area contributed by atoms with Crippen LogP contribution in [0.3, 0.4) is 0 Å². The Morgan fingerprint density at radius 2 is 1.76 bits per heavy atom. The Labute approximate surface area is 154 Å². The van der Waals surface area contributed by atoms with Crippen LogP contribution in [0.2, 0.25) is 5.02 Å². The Hall–Kier alpha value is -1.80. The Balaban J connectivity index is 1.63. The largest absolute Gasteiger partial charge is 0.248 e.